The molecule has 1 aliphatic carbocycles. The molecule has 0 radical (unpaired) electrons. The Labute approximate surface area is 183 Å². The third-order valence-electron chi connectivity index (χ3n) is 5.32. The van der Waals surface area contributed by atoms with Crippen molar-refractivity contribution in [3.05, 3.63) is 53.6 Å². The van der Waals surface area contributed by atoms with Crippen molar-refractivity contribution in [2.75, 3.05) is 36.6 Å². The van der Waals surface area contributed by atoms with Crippen LogP contribution in [0.25, 0.3) is 0 Å². The summed E-state index contributed by atoms with van der Waals surface area (Å²) in [7, 11) is 3.48. The molecule has 0 spiro atoms. The van der Waals surface area contributed by atoms with Crippen LogP contribution in [0, 0.1) is 12.8 Å². The number of nitrogens with zero attached hydrogens (tertiary/aromatic N) is 1. The fourth-order valence-corrected chi connectivity index (χ4v) is 3.20. The second kappa shape index (κ2) is 10.1. The van der Waals surface area contributed by atoms with Gasteiger partial charge in [-0.15, -0.1) is 0 Å². The zero-order valence-electron chi connectivity index (χ0n) is 18.3. The number of carbonyl (C=O) groups excluding carboxylic acids is 3. The summed E-state index contributed by atoms with van der Waals surface area (Å²) in [6.07, 6.45) is 2.96. The predicted molar refractivity (Wildman–Crippen MR) is 123 cm³/mol. The van der Waals surface area contributed by atoms with Gasteiger partial charge in [0.1, 0.15) is 0 Å². The number of carbonyl (C=O) groups is 3. The van der Waals surface area contributed by atoms with Crippen LogP contribution in [0.15, 0.2) is 42.5 Å². The third-order valence-corrected chi connectivity index (χ3v) is 5.32. The van der Waals surface area contributed by atoms with Crippen LogP contribution in [0.2, 0.25) is 0 Å². The van der Waals surface area contributed by atoms with Crippen molar-refractivity contribution in [1.29, 1.82) is 0 Å². The lowest BCUT2D eigenvalue weighted by Crippen LogP contribution is -2.23. The quantitative estimate of drug-likeness (QED) is 0.578. The van der Waals surface area contributed by atoms with Crippen LogP contribution in [0.1, 0.15) is 30.4 Å². The standard InChI is InChI=1S/C24H30N4O3/c1-16-20(8-5-9-21(16)27-24(31)18-11-12-18)25-15-22(29)26-19-7-4-6-17(14-19)10-13-23(30)28(2)3/h4-9,14,18,25H,10-13,15H2,1-3H3,(H,26,29)(H,27,31). The zero-order chi connectivity index (χ0) is 22.4. The molecule has 1 fully saturated rings. The molecule has 3 amide bonds. The van der Waals surface area contributed by atoms with E-state index in [9.17, 15) is 14.4 Å². The number of aryl methyl sites for hydroxylation is 1. The van der Waals surface area contributed by atoms with E-state index in [1.54, 1.807) is 19.0 Å². The third kappa shape index (κ3) is 6.57. The van der Waals surface area contributed by atoms with E-state index in [-0.39, 0.29) is 30.2 Å². The van der Waals surface area contributed by atoms with Gasteiger partial charge in [-0.3, -0.25) is 14.4 Å². The fourth-order valence-electron chi connectivity index (χ4n) is 3.20. The van der Waals surface area contributed by atoms with E-state index in [0.717, 1.165) is 35.3 Å². The van der Waals surface area contributed by atoms with Crippen molar-refractivity contribution in [1.82, 2.24) is 4.90 Å². The number of rotatable bonds is 9. The van der Waals surface area contributed by atoms with Crippen LogP contribution in [0.4, 0.5) is 17.1 Å². The van der Waals surface area contributed by atoms with E-state index in [4.69, 9.17) is 0 Å². The first-order valence-corrected chi connectivity index (χ1v) is 10.6. The zero-order valence-corrected chi connectivity index (χ0v) is 18.3. The molecule has 7 nitrogen and oxygen atoms in total. The molecule has 0 atom stereocenters. The normalized spacial score (nSPS) is 12.7. The maximum Gasteiger partial charge on any atom is 0.243 e. The summed E-state index contributed by atoms with van der Waals surface area (Å²) < 4.78 is 0. The van der Waals surface area contributed by atoms with E-state index in [0.29, 0.717) is 18.5 Å². The molecule has 0 saturated heterocycles. The number of anilines is 3. The first-order valence-electron chi connectivity index (χ1n) is 10.6. The van der Waals surface area contributed by atoms with Gasteiger partial charge >= 0.3 is 0 Å². The Kier molecular flexibility index (Phi) is 7.28. The molecule has 7 heteroatoms. The van der Waals surface area contributed by atoms with Gasteiger partial charge in [0.25, 0.3) is 0 Å². The summed E-state index contributed by atoms with van der Waals surface area (Å²) in [5, 5.41) is 9.00. The van der Waals surface area contributed by atoms with E-state index in [2.05, 4.69) is 16.0 Å². The lowest BCUT2D eigenvalue weighted by molar-refractivity contribution is -0.128. The molecule has 2 aromatic rings. The first kappa shape index (κ1) is 22.3. The highest BCUT2D eigenvalue weighted by Crippen LogP contribution is 2.31. The second-order valence-corrected chi connectivity index (χ2v) is 8.13. The molecular weight excluding hydrogens is 392 g/mol. The van der Waals surface area contributed by atoms with Crippen LogP contribution in [0.5, 0.6) is 0 Å². The van der Waals surface area contributed by atoms with Gasteiger partial charge in [0.15, 0.2) is 0 Å². The molecule has 0 heterocycles. The Bertz CT molecular complexity index is 967. The molecule has 3 rings (SSSR count). The van der Waals surface area contributed by atoms with E-state index < -0.39 is 0 Å². The van der Waals surface area contributed by atoms with Crippen molar-refractivity contribution < 1.29 is 14.4 Å². The summed E-state index contributed by atoms with van der Waals surface area (Å²) in [4.78, 5) is 37.8. The summed E-state index contributed by atoms with van der Waals surface area (Å²) in [6.45, 7) is 2.02. The Hall–Kier alpha value is -3.35. The van der Waals surface area contributed by atoms with E-state index in [1.165, 1.54) is 0 Å². The van der Waals surface area contributed by atoms with Crippen molar-refractivity contribution in [3.63, 3.8) is 0 Å². The van der Waals surface area contributed by atoms with Crippen LogP contribution in [-0.4, -0.2) is 43.3 Å². The molecule has 0 aliphatic heterocycles. The Morgan fingerprint density at radius 3 is 2.42 bits per heavy atom. The molecule has 0 unspecified atom stereocenters. The van der Waals surface area contributed by atoms with Gasteiger partial charge in [0.05, 0.1) is 6.54 Å². The summed E-state index contributed by atoms with van der Waals surface area (Å²) in [5.74, 6) is 0.0987. The topological polar surface area (TPSA) is 90.5 Å². The Morgan fingerprint density at radius 1 is 1.00 bits per heavy atom. The number of amides is 3. The number of hydrogen-bond donors (Lipinski definition) is 3. The highest BCUT2D eigenvalue weighted by Gasteiger charge is 2.29. The van der Waals surface area contributed by atoms with Gasteiger partial charge in [-0.05, 0) is 61.6 Å². The Morgan fingerprint density at radius 2 is 1.71 bits per heavy atom. The monoisotopic (exact) mass is 422 g/mol. The number of benzene rings is 2. The van der Waals surface area contributed by atoms with Crippen molar-refractivity contribution in [3.8, 4) is 0 Å². The van der Waals surface area contributed by atoms with Gasteiger partial charge in [-0.25, -0.2) is 0 Å². The van der Waals surface area contributed by atoms with Crippen LogP contribution < -0.4 is 16.0 Å². The largest absolute Gasteiger partial charge is 0.376 e. The first-order chi connectivity index (χ1) is 14.8. The van der Waals surface area contributed by atoms with Crippen LogP contribution >= 0.6 is 0 Å². The van der Waals surface area contributed by atoms with Crippen molar-refractivity contribution >= 4 is 34.8 Å². The average Bonchev–Trinajstić information content (AvgIpc) is 3.58. The number of nitrogens with one attached hydrogen (secondary N) is 3. The van der Waals surface area contributed by atoms with Crippen molar-refractivity contribution in [2.24, 2.45) is 5.92 Å². The van der Waals surface area contributed by atoms with E-state index in [1.807, 2.05) is 49.4 Å². The maximum atomic E-state index is 12.4. The summed E-state index contributed by atoms with van der Waals surface area (Å²) in [6, 6.07) is 13.1. The molecule has 164 valence electrons. The lowest BCUT2D eigenvalue weighted by atomic mass is 10.1. The van der Waals surface area contributed by atoms with Gasteiger partial charge < -0.3 is 20.9 Å². The highest BCUT2D eigenvalue weighted by atomic mass is 16.2. The maximum absolute atomic E-state index is 12.4. The molecule has 1 saturated carbocycles. The van der Waals surface area contributed by atoms with Crippen molar-refractivity contribution in [2.45, 2.75) is 32.6 Å². The molecule has 31 heavy (non-hydrogen) atoms. The Balaban J connectivity index is 1.53. The minimum Gasteiger partial charge on any atom is -0.376 e. The molecule has 0 bridgehead atoms. The van der Waals surface area contributed by atoms with Gasteiger partial charge in [-0.1, -0.05) is 18.2 Å². The smallest absolute Gasteiger partial charge is 0.243 e. The molecular formula is C24H30N4O3. The fraction of sp³-hybridized carbons (Fsp3) is 0.375. The minimum atomic E-state index is -0.173. The molecule has 3 N–H and O–H groups in total. The number of hydrogen-bond acceptors (Lipinski definition) is 4. The van der Waals surface area contributed by atoms with Gasteiger partial charge in [0, 0.05) is 43.5 Å². The van der Waals surface area contributed by atoms with Crippen LogP contribution in [0.3, 0.4) is 0 Å². The average molecular weight is 423 g/mol. The summed E-state index contributed by atoms with van der Waals surface area (Å²) >= 11 is 0. The van der Waals surface area contributed by atoms with E-state index >= 15 is 0 Å². The lowest BCUT2D eigenvalue weighted by Gasteiger charge is -2.14. The molecule has 0 aromatic heterocycles. The second-order valence-electron chi connectivity index (χ2n) is 8.13. The highest BCUT2D eigenvalue weighted by molar-refractivity contribution is 5.96. The predicted octanol–water partition coefficient (Wildman–Crippen LogP) is 3.41. The molecule has 2 aromatic carbocycles. The van der Waals surface area contributed by atoms with Gasteiger partial charge in [-0.2, -0.15) is 0 Å². The summed E-state index contributed by atoms with van der Waals surface area (Å²) in [5.41, 5.74) is 4.17. The molecule has 1 aliphatic rings. The van der Waals surface area contributed by atoms with Gasteiger partial charge in [0.2, 0.25) is 17.7 Å². The van der Waals surface area contributed by atoms with Crippen LogP contribution in [-0.2, 0) is 20.8 Å². The minimum absolute atomic E-state index is 0.0603. The SMILES string of the molecule is Cc1c(NCC(=O)Nc2cccc(CCC(=O)N(C)C)c2)cccc1NC(=O)C1CC1.